The average molecular weight is 396 g/mol. The quantitative estimate of drug-likeness (QED) is 0.648. The van der Waals surface area contributed by atoms with Crippen molar-refractivity contribution in [3.8, 4) is 11.3 Å². The van der Waals surface area contributed by atoms with E-state index >= 15 is 0 Å². The molecule has 0 unspecified atom stereocenters. The van der Waals surface area contributed by atoms with Gasteiger partial charge in [-0.05, 0) is 38.5 Å². The van der Waals surface area contributed by atoms with Crippen LogP contribution in [0.3, 0.4) is 0 Å². The number of fused-ring (bicyclic) bond motifs is 1. The number of anilines is 2. The summed E-state index contributed by atoms with van der Waals surface area (Å²) in [6, 6.07) is 5.21. The van der Waals surface area contributed by atoms with Crippen molar-refractivity contribution in [2.75, 3.05) is 10.6 Å². The predicted octanol–water partition coefficient (Wildman–Crippen LogP) is 4.15. The van der Waals surface area contributed by atoms with Crippen LogP contribution in [0.1, 0.15) is 30.3 Å². The molecule has 0 saturated heterocycles. The first-order valence-corrected chi connectivity index (χ1v) is 8.90. The van der Waals surface area contributed by atoms with Gasteiger partial charge >= 0.3 is 6.55 Å². The van der Waals surface area contributed by atoms with E-state index in [9.17, 15) is 13.6 Å². The van der Waals surface area contributed by atoms with Crippen LogP contribution in [0.25, 0.3) is 16.8 Å². The SMILES string of the molecule is C/C(Nc1cc(C)n(C(F)F)n1)=C1/C(=O)Nc2cnc(-c3cnccc3C)cc21. The van der Waals surface area contributed by atoms with Gasteiger partial charge in [0, 0.05) is 41.0 Å². The molecule has 0 saturated carbocycles. The number of nitrogens with zero attached hydrogens (tertiary/aromatic N) is 4. The van der Waals surface area contributed by atoms with Gasteiger partial charge in [0.1, 0.15) is 0 Å². The summed E-state index contributed by atoms with van der Waals surface area (Å²) >= 11 is 0. The van der Waals surface area contributed by atoms with Gasteiger partial charge in [-0.1, -0.05) is 0 Å². The van der Waals surface area contributed by atoms with Gasteiger partial charge in [-0.2, -0.15) is 8.78 Å². The number of hydrogen-bond acceptors (Lipinski definition) is 5. The molecular formula is C20H18F2N6O. The molecule has 1 aliphatic rings. The second kappa shape index (κ2) is 7.08. The molecule has 0 bridgehead atoms. The third-order valence-electron chi connectivity index (χ3n) is 4.76. The number of hydrogen-bond donors (Lipinski definition) is 2. The molecule has 0 spiro atoms. The molecule has 4 heterocycles. The molecule has 3 aromatic heterocycles. The highest BCUT2D eigenvalue weighted by atomic mass is 19.3. The average Bonchev–Trinajstić information content (AvgIpc) is 3.20. The molecule has 3 aromatic rings. The zero-order valence-electron chi connectivity index (χ0n) is 16.0. The number of carbonyl (C=O) groups excluding carboxylic acids is 1. The van der Waals surface area contributed by atoms with Gasteiger partial charge in [0.15, 0.2) is 5.82 Å². The maximum Gasteiger partial charge on any atom is 0.333 e. The topological polar surface area (TPSA) is 84.7 Å². The smallest absolute Gasteiger partial charge is 0.333 e. The van der Waals surface area contributed by atoms with Crippen LogP contribution in [0.5, 0.6) is 0 Å². The standard InChI is InChI=1S/C20H18F2N6O/c1-10-4-5-23-8-14(10)15-7-13-16(9-24-15)26-19(29)18(13)12(3)25-17-6-11(2)28(27-17)20(21)22/h4-9,20H,1-3H3,(H,25,27)(H,26,29)/b18-12-. The van der Waals surface area contributed by atoms with E-state index in [-0.39, 0.29) is 11.7 Å². The largest absolute Gasteiger partial charge is 0.342 e. The number of allylic oxidation sites excluding steroid dienone is 1. The van der Waals surface area contributed by atoms with Crippen molar-refractivity contribution in [3.05, 3.63) is 59.3 Å². The number of alkyl halides is 2. The summed E-state index contributed by atoms with van der Waals surface area (Å²) < 4.78 is 26.5. The Balaban J connectivity index is 1.74. The zero-order chi connectivity index (χ0) is 20.7. The summed E-state index contributed by atoms with van der Waals surface area (Å²) in [6.45, 7) is 2.47. The lowest BCUT2D eigenvalue weighted by molar-refractivity contribution is -0.110. The second-order valence-electron chi connectivity index (χ2n) is 6.78. The van der Waals surface area contributed by atoms with Crippen LogP contribution in [-0.4, -0.2) is 25.7 Å². The molecular weight excluding hydrogens is 378 g/mol. The lowest BCUT2D eigenvalue weighted by Gasteiger charge is -2.09. The molecule has 7 nitrogen and oxygen atoms in total. The van der Waals surface area contributed by atoms with Crippen molar-refractivity contribution in [2.45, 2.75) is 27.3 Å². The van der Waals surface area contributed by atoms with Crippen molar-refractivity contribution in [1.29, 1.82) is 0 Å². The van der Waals surface area contributed by atoms with Crippen LogP contribution < -0.4 is 10.6 Å². The lowest BCUT2D eigenvalue weighted by Crippen LogP contribution is -2.09. The fraction of sp³-hybridized carbons (Fsp3) is 0.200. The molecule has 2 N–H and O–H groups in total. The Morgan fingerprint density at radius 3 is 2.69 bits per heavy atom. The van der Waals surface area contributed by atoms with Crippen molar-refractivity contribution < 1.29 is 13.6 Å². The van der Waals surface area contributed by atoms with E-state index in [4.69, 9.17) is 0 Å². The fourth-order valence-electron chi connectivity index (χ4n) is 3.32. The van der Waals surface area contributed by atoms with E-state index in [1.54, 1.807) is 32.4 Å². The third-order valence-corrected chi connectivity index (χ3v) is 4.76. The number of carbonyl (C=O) groups is 1. The highest BCUT2D eigenvalue weighted by Crippen LogP contribution is 2.36. The first kappa shape index (κ1) is 18.7. The van der Waals surface area contributed by atoms with Crippen LogP contribution in [0.4, 0.5) is 20.3 Å². The number of aryl methyl sites for hydroxylation is 2. The minimum absolute atomic E-state index is 0.242. The van der Waals surface area contributed by atoms with E-state index in [1.807, 2.05) is 19.1 Å². The number of aromatic nitrogens is 4. The minimum atomic E-state index is -2.73. The molecule has 9 heteroatoms. The molecule has 0 radical (unpaired) electrons. The summed E-state index contributed by atoms with van der Waals surface area (Å²) in [6.07, 6.45) is 5.03. The monoisotopic (exact) mass is 396 g/mol. The van der Waals surface area contributed by atoms with E-state index in [1.165, 1.54) is 6.07 Å². The number of pyridine rings is 2. The Kier molecular flexibility index (Phi) is 4.57. The van der Waals surface area contributed by atoms with Gasteiger partial charge in [-0.25, -0.2) is 4.68 Å². The molecule has 0 aromatic carbocycles. The molecule has 4 rings (SSSR count). The highest BCUT2D eigenvalue weighted by molar-refractivity contribution is 6.32. The number of amides is 1. The van der Waals surface area contributed by atoms with Crippen molar-refractivity contribution >= 4 is 23.0 Å². The Bertz CT molecular complexity index is 1150. The van der Waals surface area contributed by atoms with Crippen molar-refractivity contribution in [1.82, 2.24) is 19.7 Å². The molecule has 0 atom stereocenters. The predicted molar refractivity (Wildman–Crippen MR) is 105 cm³/mol. The lowest BCUT2D eigenvalue weighted by atomic mass is 10.0. The van der Waals surface area contributed by atoms with Crippen LogP contribution >= 0.6 is 0 Å². The number of halogens is 2. The van der Waals surface area contributed by atoms with Crippen LogP contribution in [-0.2, 0) is 4.79 Å². The maximum absolute atomic E-state index is 13.0. The van der Waals surface area contributed by atoms with Gasteiger partial charge in [0.2, 0.25) is 0 Å². The Morgan fingerprint density at radius 2 is 2.00 bits per heavy atom. The summed E-state index contributed by atoms with van der Waals surface area (Å²) in [7, 11) is 0. The van der Waals surface area contributed by atoms with Crippen LogP contribution in [0, 0.1) is 13.8 Å². The van der Waals surface area contributed by atoms with Gasteiger partial charge in [0.25, 0.3) is 5.91 Å². The summed E-state index contributed by atoms with van der Waals surface area (Å²) in [5.74, 6) is -0.0525. The second-order valence-corrected chi connectivity index (χ2v) is 6.78. The maximum atomic E-state index is 13.0. The van der Waals surface area contributed by atoms with Crippen molar-refractivity contribution in [2.24, 2.45) is 0 Å². The molecule has 1 amide bonds. The van der Waals surface area contributed by atoms with E-state index in [0.717, 1.165) is 11.1 Å². The first-order chi connectivity index (χ1) is 13.8. The summed E-state index contributed by atoms with van der Waals surface area (Å²) in [5.41, 5.74) is 5.06. The van der Waals surface area contributed by atoms with Crippen molar-refractivity contribution in [3.63, 3.8) is 0 Å². The van der Waals surface area contributed by atoms with Gasteiger partial charge in [-0.3, -0.25) is 14.8 Å². The van der Waals surface area contributed by atoms with Gasteiger partial charge in [-0.15, -0.1) is 5.10 Å². The van der Waals surface area contributed by atoms with E-state index in [2.05, 4.69) is 25.7 Å². The Labute approximate surface area is 165 Å². The van der Waals surface area contributed by atoms with Gasteiger partial charge < -0.3 is 10.6 Å². The first-order valence-electron chi connectivity index (χ1n) is 8.90. The summed E-state index contributed by atoms with van der Waals surface area (Å²) in [4.78, 5) is 21.1. The minimum Gasteiger partial charge on any atom is -0.342 e. The molecule has 1 aliphatic heterocycles. The number of rotatable bonds is 4. The van der Waals surface area contributed by atoms with Crippen LogP contribution in [0.15, 0.2) is 42.5 Å². The Hall–Kier alpha value is -3.62. The van der Waals surface area contributed by atoms with Gasteiger partial charge in [0.05, 0.1) is 23.2 Å². The fourth-order valence-corrected chi connectivity index (χ4v) is 3.32. The van der Waals surface area contributed by atoms with Crippen LogP contribution in [0.2, 0.25) is 0 Å². The van der Waals surface area contributed by atoms with E-state index < -0.39 is 6.55 Å². The molecule has 148 valence electrons. The zero-order valence-corrected chi connectivity index (χ0v) is 16.0. The molecule has 29 heavy (non-hydrogen) atoms. The normalized spacial score (nSPS) is 14.8. The molecule has 0 fully saturated rings. The Morgan fingerprint density at radius 1 is 1.21 bits per heavy atom. The van der Waals surface area contributed by atoms with E-state index in [0.29, 0.717) is 38.6 Å². The summed E-state index contributed by atoms with van der Waals surface area (Å²) in [5, 5.41) is 9.59. The number of nitrogens with one attached hydrogen (secondary N) is 2. The third kappa shape index (κ3) is 3.35. The highest BCUT2D eigenvalue weighted by Gasteiger charge is 2.28. The molecule has 0 aliphatic carbocycles.